The molecule has 1 unspecified atom stereocenters. The van der Waals surface area contributed by atoms with Gasteiger partial charge in [0.1, 0.15) is 6.04 Å². The van der Waals surface area contributed by atoms with Crippen molar-refractivity contribution in [2.45, 2.75) is 31.2 Å². The number of carboxylic acid groups (broad SMARTS) is 1. The lowest BCUT2D eigenvalue weighted by atomic mass is 10.0. The maximum Gasteiger partial charge on any atom is 0.322 e. The molecular weight excluding hydrogens is 280 g/mol. The van der Waals surface area contributed by atoms with E-state index in [-0.39, 0.29) is 10.8 Å². The Hall–Kier alpha value is -1.91. The van der Waals surface area contributed by atoms with Crippen molar-refractivity contribution in [1.29, 1.82) is 5.26 Å². The third-order valence-corrected chi connectivity index (χ3v) is 4.51. The number of hydrogen-bond acceptors (Lipinski definition) is 4. The minimum absolute atomic E-state index is 0.0638. The lowest BCUT2D eigenvalue weighted by molar-refractivity contribution is -0.140. The molecule has 20 heavy (non-hydrogen) atoms. The number of nitrogens with one attached hydrogen (secondary N) is 1. The molecular formula is C13H16N2O4S. The molecule has 7 heteroatoms. The Morgan fingerprint density at radius 3 is 2.35 bits per heavy atom. The number of hydrogen-bond donors (Lipinski definition) is 2. The van der Waals surface area contributed by atoms with E-state index in [1.165, 1.54) is 24.3 Å². The zero-order valence-electron chi connectivity index (χ0n) is 11.2. The molecule has 0 bridgehead atoms. The highest BCUT2D eigenvalue weighted by Crippen LogP contribution is 2.14. The molecule has 6 nitrogen and oxygen atoms in total. The highest BCUT2D eigenvalue weighted by atomic mass is 32.2. The number of benzene rings is 1. The zero-order chi connectivity index (χ0) is 15.3. The Balaban J connectivity index is 3.03. The SMILES string of the molecule is CCC(C)[C@H](NS(=O)(=O)c1ccc(C#N)cc1)C(=O)O. The highest BCUT2D eigenvalue weighted by Gasteiger charge is 2.29. The van der Waals surface area contributed by atoms with E-state index >= 15 is 0 Å². The third-order valence-electron chi connectivity index (χ3n) is 3.05. The van der Waals surface area contributed by atoms with Crippen molar-refractivity contribution in [3.05, 3.63) is 29.8 Å². The molecule has 108 valence electrons. The molecule has 0 saturated carbocycles. The quantitative estimate of drug-likeness (QED) is 0.823. The second-order valence-corrected chi connectivity index (χ2v) is 6.17. The van der Waals surface area contributed by atoms with Crippen molar-refractivity contribution in [3.63, 3.8) is 0 Å². The average molecular weight is 296 g/mol. The molecule has 0 fully saturated rings. The van der Waals surface area contributed by atoms with Crippen molar-refractivity contribution in [2.24, 2.45) is 5.92 Å². The first-order chi connectivity index (χ1) is 9.31. The molecule has 0 spiro atoms. The monoisotopic (exact) mass is 296 g/mol. The van der Waals surface area contributed by atoms with Gasteiger partial charge < -0.3 is 5.11 Å². The second-order valence-electron chi connectivity index (χ2n) is 4.46. The maximum atomic E-state index is 12.1. The minimum Gasteiger partial charge on any atom is -0.480 e. The molecule has 0 aliphatic carbocycles. The molecule has 0 aromatic heterocycles. The van der Waals surface area contributed by atoms with Gasteiger partial charge in [-0.15, -0.1) is 0 Å². The van der Waals surface area contributed by atoms with Crippen LogP contribution in [0.3, 0.4) is 0 Å². The van der Waals surface area contributed by atoms with Crippen LogP contribution in [0.4, 0.5) is 0 Å². The molecule has 2 atom stereocenters. The fourth-order valence-corrected chi connectivity index (χ4v) is 2.89. The molecule has 0 heterocycles. The van der Waals surface area contributed by atoms with Gasteiger partial charge in [0, 0.05) is 0 Å². The van der Waals surface area contributed by atoms with Gasteiger partial charge in [-0.1, -0.05) is 20.3 Å². The lowest BCUT2D eigenvalue weighted by Crippen LogP contribution is -2.44. The fraction of sp³-hybridized carbons (Fsp3) is 0.385. The van der Waals surface area contributed by atoms with E-state index in [1.54, 1.807) is 13.8 Å². The summed E-state index contributed by atoms with van der Waals surface area (Å²) in [5, 5.41) is 17.8. The van der Waals surface area contributed by atoms with Gasteiger partial charge in [-0.05, 0) is 30.2 Å². The van der Waals surface area contributed by atoms with Gasteiger partial charge in [0.25, 0.3) is 0 Å². The van der Waals surface area contributed by atoms with Gasteiger partial charge in [-0.25, -0.2) is 8.42 Å². The second kappa shape index (κ2) is 6.50. The van der Waals surface area contributed by atoms with Crippen LogP contribution in [0.2, 0.25) is 0 Å². The Labute approximate surface area is 118 Å². The van der Waals surface area contributed by atoms with Crippen molar-refractivity contribution in [2.75, 3.05) is 0 Å². The number of aliphatic carboxylic acids is 1. The summed E-state index contributed by atoms with van der Waals surface area (Å²) in [4.78, 5) is 11.1. The Morgan fingerprint density at radius 2 is 1.95 bits per heavy atom. The van der Waals surface area contributed by atoms with Gasteiger partial charge in [0.05, 0.1) is 16.5 Å². The van der Waals surface area contributed by atoms with Gasteiger partial charge in [-0.3, -0.25) is 4.79 Å². The van der Waals surface area contributed by atoms with Crippen LogP contribution in [0.25, 0.3) is 0 Å². The summed E-state index contributed by atoms with van der Waals surface area (Å²) in [6.45, 7) is 3.46. The summed E-state index contributed by atoms with van der Waals surface area (Å²) >= 11 is 0. The molecule has 0 aliphatic rings. The van der Waals surface area contributed by atoms with Gasteiger partial charge in [0.2, 0.25) is 10.0 Å². The van der Waals surface area contributed by atoms with Crippen LogP contribution in [0, 0.1) is 17.2 Å². The predicted molar refractivity (Wildman–Crippen MR) is 72.4 cm³/mol. The molecule has 1 rings (SSSR count). The van der Waals surface area contributed by atoms with E-state index in [0.29, 0.717) is 12.0 Å². The van der Waals surface area contributed by atoms with Crippen LogP contribution >= 0.6 is 0 Å². The van der Waals surface area contributed by atoms with Crippen LogP contribution in [-0.2, 0) is 14.8 Å². The maximum absolute atomic E-state index is 12.1. The summed E-state index contributed by atoms with van der Waals surface area (Å²) in [6, 6.07) is 5.99. The van der Waals surface area contributed by atoms with Crippen LogP contribution < -0.4 is 4.72 Å². The van der Waals surface area contributed by atoms with Crippen LogP contribution in [0.15, 0.2) is 29.2 Å². The van der Waals surface area contributed by atoms with E-state index in [1.807, 2.05) is 6.07 Å². The molecule has 0 saturated heterocycles. The summed E-state index contributed by atoms with van der Waals surface area (Å²) in [6.07, 6.45) is 0.535. The zero-order valence-corrected chi connectivity index (χ0v) is 12.0. The van der Waals surface area contributed by atoms with Crippen molar-refractivity contribution in [1.82, 2.24) is 4.72 Å². The summed E-state index contributed by atoms with van der Waals surface area (Å²) in [7, 11) is -3.92. The summed E-state index contributed by atoms with van der Waals surface area (Å²) < 4.78 is 26.4. The number of nitrogens with zero attached hydrogens (tertiary/aromatic N) is 1. The van der Waals surface area contributed by atoms with E-state index in [2.05, 4.69) is 4.72 Å². The standard InChI is InChI=1S/C13H16N2O4S/c1-3-9(2)12(13(16)17)15-20(18,19)11-6-4-10(8-14)5-7-11/h4-7,9,12,15H,3H2,1-2H3,(H,16,17)/t9?,12-/m0/s1. The molecule has 1 aromatic rings. The van der Waals surface area contributed by atoms with Gasteiger partial charge >= 0.3 is 5.97 Å². The molecule has 0 aliphatic heterocycles. The average Bonchev–Trinajstić information content (AvgIpc) is 2.43. The van der Waals surface area contributed by atoms with Crippen molar-refractivity contribution in [3.8, 4) is 6.07 Å². The fourth-order valence-electron chi connectivity index (χ4n) is 1.59. The van der Waals surface area contributed by atoms with Crippen molar-refractivity contribution < 1.29 is 18.3 Å². The number of carboxylic acids is 1. The van der Waals surface area contributed by atoms with E-state index in [0.717, 1.165) is 0 Å². The summed E-state index contributed by atoms with van der Waals surface area (Å²) in [5.41, 5.74) is 0.334. The van der Waals surface area contributed by atoms with Crippen LogP contribution in [0.5, 0.6) is 0 Å². The normalized spacial score (nSPS) is 14.2. The number of rotatable bonds is 6. The van der Waals surface area contributed by atoms with E-state index in [9.17, 15) is 13.2 Å². The molecule has 0 amide bonds. The van der Waals surface area contributed by atoms with Crippen LogP contribution in [0.1, 0.15) is 25.8 Å². The van der Waals surface area contributed by atoms with Crippen LogP contribution in [-0.4, -0.2) is 25.5 Å². The molecule has 1 aromatic carbocycles. The van der Waals surface area contributed by atoms with Gasteiger partial charge in [-0.2, -0.15) is 9.98 Å². The Bertz CT molecular complexity index is 617. The Kier molecular flexibility index (Phi) is 5.25. The third kappa shape index (κ3) is 3.79. The van der Waals surface area contributed by atoms with E-state index < -0.39 is 22.0 Å². The molecule has 2 N–H and O–H groups in total. The predicted octanol–water partition coefficient (Wildman–Crippen LogP) is 1.34. The molecule has 0 radical (unpaired) electrons. The first-order valence-electron chi connectivity index (χ1n) is 6.07. The lowest BCUT2D eigenvalue weighted by Gasteiger charge is -2.20. The Morgan fingerprint density at radius 1 is 1.40 bits per heavy atom. The first-order valence-corrected chi connectivity index (χ1v) is 7.55. The highest BCUT2D eigenvalue weighted by molar-refractivity contribution is 7.89. The number of nitriles is 1. The minimum atomic E-state index is -3.92. The van der Waals surface area contributed by atoms with Gasteiger partial charge in [0.15, 0.2) is 0 Å². The summed E-state index contributed by atoms with van der Waals surface area (Å²) in [5.74, 6) is -1.54. The topological polar surface area (TPSA) is 107 Å². The number of sulfonamides is 1. The first kappa shape index (κ1) is 16.1. The number of carbonyl (C=O) groups is 1. The van der Waals surface area contributed by atoms with E-state index in [4.69, 9.17) is 10.4 Å². The smallest absolute Gasteiger partial charge is 0.322 e. The largest absolute Gasteiger partial charge is 0.480 e. The van der Waals surface area contributed by atoms with Crippen molar-refractivity contribution >= 4 is 16.0 Å².